The first-order chi connectivity index (χ1) is 9.16. The number of allylic oxidation sites excluding steroid dienone is 1. The monoisotopic (exact) mass is 259 g/mol. The van der Waals surface area contributed by atoms with Gasteiger partial charge in [0, 0.05) is 11.7 Å². The Bertz CT molecular complexity index is 462. The summed E-state index contributed by atoms with van der Waals surface area (Å²) in [5.41, 5.74) is 2.77. The van der Waals surface area contributed by atoms with E-state index in [2.05, 4.69) is 18.3 Å². The number of aromatic carboxylic acids is 1. The lowest BCUT2D eigenvalue weighted by atomic mass is 10.0. The van der Waals surface area contributed by atoms with Crippen molar-refractivity contribution in [3.63, 3.8) is 0 Å². The zero-order valence-corrected chi connectivity index (χ0v) is 11.4. The van der Waals surface area contributed by atoms with Crippen molar-refractivity contribution in [2.24, 2.45) is 0 Å². The van der Waals surface area contributed by atoms with Crippen molar-refractivity contribution in [1.29, 1.82) is 0 Å². The summed E-state index contributed by atoms with van der Waals surface area (Å²) in [6.07, 6.45) is 8.59. The predicted octanol–water partition coefficient (Wildman–Crippen LogP) is 4.08. The van der Waals surface area contributed by atoms with E-state index in [9.17, 15) is 4.79 Å². The van der Waals surface area contributed by atoms with Gasteiger partial charge in [-0.05, 0) is 56.9 Å². The Morgan fingerprint density at radius 1 is 1.21 bits per heavy atom. The first kappa shape index (κ1) is 13.7. The molecule has 0 saturated carbocycles. The van der Waals surface area contributed by atoms with Crippen LogP contribution in [0.3, 0.4) is 0 Å². The molecule has 2 N–H and O–H groups in total. The third kappa shape index (κ3) is 3.85. The van der Waals surface area contributed by atoms with E-state index in [0.29, 0.717) is 11.6 Å². The van der Waals surface area contributed by atoms with Crippen molar-refractivity contribution in [3.05, 3.63) is 41.5 Å². The molecule has 2 rings (SSSR count). The topological polar surface area (TPSA) is 49.3 Å². The van der Waals surface area contributed by atoms with E-state index >= 15 is 0 Å². The van der Waals surface area contributed by atoms with Crippen LogP contribution in [-0.4, -0.2) is 17.1 Å². The second-order valence-corrected chi connectivity index (χ2v) is 5.13. The van der Waals surface area contributed by atoms with E-state index in [4.69, 9.17) is 5.11 Å². The van der Waals surface area contributed by atoms with Gasteiger partial charge >= 0.3 is 5.97 Å². The average molecular weight is 259 g/mol. The molecule has 0 aromatic heterocycles. The molecule has 102 valence electrons. The first-order valence-corrected chi connectivity index (χ1v) is 6.95. The van der Waals surface area contributed by atoms with Gasteiger partial charge in [0.05, 0.1) is 5.56 Å². The van der Waals surface area contributed by atoms with Gasteiger partial charge in [-0.3, -0.25) is 0 Å². The predicted molar refractivity (Wildman–Crippen MR) is 77.7 cm³/mol. The molecule has 1 aliphatic carbocycles. The van der Waals surface area contributed by atoms with Crippen molar-refractivity contribution in [1.82, 2.24) is 0 Å². The van der Waals surface area contributed by atoms with Crippen molar-refractivity contribution < 1.29 is 9.90 Å². The third-order valence-electron chi connectivity index (χ3n) is 3.65. The van der Waals surface area contributed by atoms with Crippen molar-refractivity contribution >= 4 is 11.7 Å². The Labute approximate surface area is 114 Å². The Morgan fingerprint density at radius 3 is 2.63 bits per heavy atom. The summed E-state index contributed by atoms with van der Waals surface area (Å²) in [6.45, 7) is 2.17. The van der Waals surface area contributed by atoms with Crippen molar-refractivity contribution in [2.45, 2.75) is 45.1 Å². The highest BCUT2D eigenvalue weighted by atomic mass is 16.4. The fraction of sp³-hybridized carbons (Fsp3) is 0.438. The molecule has 19 heavy (non-hydrogen) atoms. The van der Waals surface area contributed by atoms with Gasteiger partial charge < -0.3 is 10.4 Å². The normalized spacial score (nSPS) is 17.2. The van der Waals surface area contributed by atoms with Crippen LogP contribution in [-0.2, 0) is 0 Å². The number of carboxylic acids is 1. The average Bonchev–Trinajstić information content (AvgIpc) is 2.68. The molecule has 3 nitrogen and oxygen atoms in total. The molecule has 1 aromatic carbocycles. The Morgan fingerprint density at radius 2 is 1.95 bits per heavy atom. The number of benzene rings is 1. The maximum absolute atomic E-state index is 10.8. The van der Waals surface area contributed by atoms with Crippen LogP contribution in [0.25, 0.3) is 0 Å². The minimum Gasteiger partial charge on any atom is -0.478 e. The van der Waals surface area contributed by atoms with Crippen LogP contribution in [0.2, 0.25) is 0 Å². The second-order valence-electron chi connectivity index (χ2n) is 5.13. The summed E-state index contributed by atoms with van der Waals surface area (Å²) in [7, 11) is 0. The second kappa shape index (κ2) is 6.41. The molecule has 0 amide bonds. The van der Waals surface area contributed by atoms with Crippen LogP contribution in [0, 0.1) is 0 Å². The van der Waals surface area contributed by atoms with E-state index in [-0.39, 0.29) is 0 Å². The summed E-state index contributed by atoms with van der Waals surface area (Å²) >= 11 is 0. The van der Waals surface area contributed by atoms with Crippen molar-refractivity contribution in [3.8, 4) is 0 Å². The number of carboxylic acid groups (broad SMARTS) is 1. The van der Waals surface area contributed by atoms with Crippen LogP contribution < -0.4 is 5.32 Å². The van der Waals surface area contributed by atoms with E-state index in [0.717, 1.165) is 5.69 Å². The largest absolute Gasteiger partial charge is 0.478 e. The summed E-state index contributed by atoms with van der Waals surface area (Å²) in [5.74, 6) is -0.883. The molecule has 3 heteroatoms. The molecule has 1 aliphatic rings. The van der Waals surface area contributed by atoms with Crippen LogP contribution in [0.1, 0.15) is 49.4 Å². The Hall–Kier alpha value is -1.77. The fourth-order valence-electron chi connectivity index (χ4n) is 2.48. The zero-order chi connectivity index (χ0) is 13.7. The van der Waals surface area contributed by atoms with Gasteiger partial charge in [0.1, 0.15) is 0 Å². The van der Waals surface area contributed by atoms with Gasteiger partial charge in [-0.1, -0.05) is 18.1 Å². The highest BCUT2D eigenvalue weighted by Gasteiger charge is 2.11. The van der Waals surface area contributed by atoms with E-state index in [1.165, 1.54) is 37.7 Å². The van der Waals surface area contributed by atoms with Gasteiger partial charge in [0.25, 0.3) is 0 Å². The van der Waals surface area contributed by atoms with Crippen LogP contribution in [0.4, 0.5) is 5.69 Å². The third-order valence-corrected chi connectivity index (χ3v) is 3.65. The van der Waals surface area contributed by atoms with Gasteiger partial charge in [-0.15, -0.1) is 0 Å². The van der Waals surface area contributed by atoms with Gasteiger partial charge in [-0.25, -0.2) is 4.79 Å². The molecule has 1 aromatic rings. The smallest absolute Gasteiger partial charge is 0.335 e. The highest BCUT2D eigenvalue weighted by Crippen LogP contribution is 2.22. The number of rotatable bonds is 4. The first-order valence-electron chi connectivity index (χ1n) is 6.95. The molecule has 0 aliphatic heterocycles. The molecular weight excluding hydrogens is 238 g/mol. The van der Waals surface area contributed by atoms with E-state index in [1.807, 2.05) is 12.1 Å². The van der Waals surface area contributed by atoms with Gasteiger partial charge in [0.2, 0.25) is 0 Å². The lowest BCUT2D eigenvalue weighted by Crippen LogP contribution is -2.18. The SMILES string of the molecule is CC(Nc1ccc(C(=O)O)cc1)C1=CCCCCC1. The summed E-state index contributed by atoms with van der Waals surface area (Å²) in [4.78, 5) is 10.8. The molecule has 1 atom stereocenters. The summed E-state index contributed by atoms with van der Waals surface area (Å²) in [6, 6.07) is 7.25. The highest BCUT2D eigenvalue weighted by molar-refractivity contribution is 5.88. The minimum absolute atomic E-state index is 0.314. The number of carbonyl (C=O) groups is 1. The molecule has 0 fully saturated rings. The Balaban J connectivity index is 1.99. The molecular formula is C16H21NO2. The summed E-state index contributed by atoms with van der Waals surface area (Å²) in [5, 5.41) is 12.3. The molecule has 1 unspecified atom stereocenters. The number of nitrogens with one attached hydrogen (secondary N) is 1. The lowest BCUT2D eigenvalue weighted by Gasteiger charge is -2.18. The van der Waals surface area contributed by atoms with Crippen molar-refractivity contribution in [2.75, 3.05) is 5.32 Å². The molecule has 0 spiro atoms. The van der Waals surface area contributed by atoms with E-state index < -0.39 is 5.97 Å². The Kier molecular flexibility index (Phi) is 4.61. The number of anilines is 1. The zero-order valence-electron chi connectivity index (χ0n) is 11.4. The lowest BCUT2D eigenvalue weighted by molar-refractivity contribution is 0.0697. The number of hydrogen-bond donors (Lipinski definition) is 2. The summed E-state index contributed by atoms with van der Waals surface area (Å²) < 4.78 is 0. The molecule has 0 heterocycles. The fourth-order valence-corrected chi connectivity index (χ4v) is 2.48. The number of hydrogen-bond acceptors (Lipinski definition) is 2. The molecule has 0 radical (unpaired) electrons. The molecule has 0 bridgehead atoms. The standard InChI is InChI=1S/C16H21NO2/c1-12(13-6-4-2-3-5-7-13)17-15-10-8-14(9-11-15)16(18)19/h6,8-12,17H,2-5,7H2,1H3,(H,18,19). The quantitative estimate of drug-likeness (QED) is 0.801. The maximum atomic E-state index is 10.8. The molecule has 0 saturated heterocycles. The van der Waals surface area contributed by atoms with Gasteiger partial charge in [-0.2, -0.15) is 0 Å². The minimum atomic E-state index is -0.883. The van der Waals surface area contributed by atoms with Crippen LogP contribution in [0.5, 0.6) is 0 Å². The van der Waals surface area contributed by atoms with Crippen LogP contribution in [0.15, 0.2) is 35.9 Å². The van der Waals surface area contributed by atoms with Crippen LogP contribution >= 0.6 is 0 Å². The van der Waals surface area contributed by atoms with E-state index in [1.54, 1.807) is 12.1 Å². The van der Waals surface area contributed by atoms with Gasteiger partial charge in [0.15, 0.2) is 0 Å². The maximum Gasteiger partial charge on any atom is 0.335 e.